The highest BCUT2D eigenvalue weighted by atomic mass is 19.1. The van der Waals surface area contributed by atoms with E-state index in [4.69, 9.17) is 0 Å². The van der Waals surface area contributed by atoms with E-state index in [1.54, 1.807) is 6.20 Å². The van der Waals surface area contributed by atoms with Crippen LogP contribution in [0.25, 0.3) is 0 Å². The zero-order chi connectivity index (χ0) is 13.0. The van der Waals surface area contributed by atoms with Crippen molar-refractivity contribution in [1.82, 2.24) is 9.55 Å². The Labute approximate surface area is 107 Å². The zero-order valence-electron chi connectivity index (χ0n) is 10.8. The monoisotopic (exact) mass is 247 g/mol. The summed E-state index contributed by atoms with van der Waals surface area (Å²) in [6.07, 6.45) is 5.93. The predicted molar refractivity (Wildman–Crippen MR) is 71.6 cm³/mol. The SMILES string of the molecule is CCCCn1ccnc1Nc1cc(C)cc(F)c1. The lowest BCUT2D eigenvalue weighted by Crippen LogP contribution is -2.03. The summed E-state index contributed by atoms with van der Waals surface area (Å²) in [7, 11) is 0. The molecule has 0 fully saturated rings. The van der Waals surface area contributed by atoms with Gasteiger partial charge in [-0.3, -0.25) is 0 Å². The van der Waals surface area contributed by atoms with Crippen LogP contribution in [-0.4, -0.2) is 9.55 Å². The van der Waals surface area contributed by atoms with Crippen LogP contribution in [0.1, 0.15) is 25.3 Å². The third-order valence-corrected chi connectivity index (χ3v) is 2.77. The van der Waals surface area contributed by atoms with Gasteiger partial charge >= 0.3 is 0 Å². The minimum Gasteiger partial charge on any atom is -0.326 e. The predicted octanol–water partition coefficient (Wildman–Crippen LogP) is 3.87. The lowest BCUT2D eigenvalue weighted by molar-refractivity contribution is 0.626. The number of rotatable bonds is 5. The van der Waals surface area contributed by atoms with E-state index in [1.165, 1.54) is 12.1 Å². The van der Waals surface area contributed by atoms with Crippen LogP contribution in [0.4, 0.5) is 16.0 Å². The molecular weight excluding hydrogens is 229 g/mol. The van der Waals surface area contributed by atoms with Gasteiger partial charge in [-0.2, -0.15) is 0 Å². The van der Waals surface area contributed by atoms with Crippen molar-refractivity contribution in [3.05, 3.63) is 42.0 Å². The molecule has 0 saturated carbocycles. The Morgan fingerprint density at radius 3 is 2.89 bits per heavy atom. The summed E-state index contributed by atoms with van der Waals surface area (Å²) in [6, 6.07) is 4.89. The molecule has 1 N–H and O–H groups in total. The van der Waals surface area contributed by atoms with Gasteiger partial charge in [0.05, 0.1) is 0 Å². The van der Waals surface area contributed by atoms with E-state index in [0.29, 0.717) is 0 Å². The first-order valence-electron chi connectivity index (χ1n) is 6.24. The Morgan fingerprint density at radius 1 is 1.33 bits per heavy atom. The summed E-state index contributed by atoms with van der Waals surface area (Å²) in [5.74, 6) is 0.526. The van der Waals surface area contributed by atoms with Crippen molar-refractivity contribution in [3.8, 4) is 0 Å². The molecule has 0 spiro atoms. The third kappa shape index (κ3) is 3.09. The molecule has 18 heavy (non-hydrogen) atoms. The van der Waals surface area contributed by atoms with Gasteiger partial charge in [-0.1, -0.05) is 13.3 Å². The minimum absolute atomic E-state index is 0.232. The van der Waals surface area contributed by atoms with Crippen molar-refractivity contribution in [2.75, 3.05) is 5.32 Å². The van der Waals surface area contributed by atoms with Crippen molar-refractivity contribution in [2.45, 2.75) is 33.2 Å². The smallest absolute Gasteiger partial charge is 0.207 e. The first kappa shape index (κ1) is 12.6. The van der Waals surface area contributed by atoms with Crippen LogP contribution in [0, 0.1) is 12.7 Å². The van der Waals surface area contributed by atoms with E-state index in [0.717, 1.165) is 36.6 Å². The first-order chi connectivity index (χ1) is 8.69. The number of nitrogens with one attached hydrogen (secondary N) is 1. The number of unbranched alkanes of at least 4 members (excludes halogenated alkanes) is 1. The van der Waals surface area contributed by atoms with Crippen molar-refractivity contribution in [2.24, 2.45) is 0 Å². The van der Waals surface area contributed by atoms with Crippen molar-refractivity contribution in [3.63, 3.8) is 0 Å². The molecule has 96 valence electrons. The van der Waals surface area contributed by atoms with Gasteiger partial charge in [0.25, 0.3) is 0 Å². The molecule has 2 rings (SSSR count). The van der Waals surface area contributed by atoms with Crippen LogP contribution >= 0.6 is 0 Å². The highest BCUT2D eigenvalue weighted by Gasteiger charge is 2.04. The molecule has 4 heteroatoms. The van der Waals surface area contributed by atoms with Crippen LogP contribution < -0.4 is 5.32 Å². The number of benzene rings is 1. The first-order valence-corrected chi connectivity index (χ1v) is 6.24. The molecule has 0 saturated heterocycles. The molecule has 1 aromatic heterocycles. The second-order valence-corrected chi connectivity index (χ2v) is 4.44. The second kappa shape index (κ2) is 5.67. The lowest BCUT2D eigenvalue weighted by atomic mass is 10.2. The number of hydrogen-bond donors (Lipinski definition) is 1. The van der Waals surface area contributed by atoms with E-state index >= 15 is 0 Å². The standard InChI is InChI=1S/C14H18FN3/c1-3-4-6-18-7-5-16-14(18)17-13-9-11(2)8-12(15)10-13/h5,7-10H,3-4,6H2,1-2H3,(H,16,17). The van der Waals surface area contributed by atoms with E-state index < -0.39 is 0 Å². The third-order valence-electron chi connectivity index (χ3n) is 2.77. The largest absolute Gasteiger partial charge is 0.326 e. The molecule has 0 radical (unpaired) electrons. The van der Waals surface area contributed by atoms with Gasteiger partial charge < -0.3 is 9.88 Å². The van der Waals surface area contributed by atoms with E-state index in [9.17, 15) is 4.39 Å². The minimum atomic E-state index is -0.232. The summed E-state index contributed by atoms with van der Waals surface area (Å²) in [4.78, 5) is 4.25. The fourth-order valence-corrected chi connectivity index (χ4v) is 1.88. The molecule has 1 heterocycles. The van der Waals surface area contributed by atoms with Crippen LogP contribution in [0.3, 0.4) is 0 Å². The Balaban J connectivity index is 2.15. The van der Waals surface area contributed by atoms with Crippen molar-refractivity contribution in [1.29, 1.82) is 0 Å². The highest BCUT2D eigenvalue weighted by molar-refractivity contribution is 5.54. The fourth-order valence-electron chi connectivity index (χ4n) is 1.88. The summed E-state index contributed by atoms with van der Waals surface area (Å²) < 4.78 is 15.3. The number of anilines is 2. The topological polar surface area (TPSA) is 29.9 Å². The molecule has 0 bridgehead atoms. The summed E-state index contributed by atoms with van der Waals surface area (Å²) >= 11 is 0. The number of nitrogens with zero attached hydrogens (tertiary/aromatic N) is 2. The molecule has 3 nitrogen and oxygen atoms in total. The Bertz CT molecular complexity index is 499. The number of aryl methyl sites for hydroxylation is 2. The van der Waals surface area contributed by atoms with Crippen LogP contribution in [0.15, 0.2) is 30.6 Å². The van der Waals surface area contributed by atoms with Gasteiger partial charge in [0.1, 0.15) is 5.82 Å². The average molecular weight is 247 g/mol. The van der Waals surface area contributed by atoms with Gasteiger partial charge in [-0.15, -0.1) is 0 Å². The Hall–Kier alpha value is -1.84. The molecule has 0 aliphatic carbocycles. The maximum absolute atomic E-state index is 13.3. The normalized spacial score (nSPS) is 10.6. The van der Waals surface area contributed by atoms with Gasteiger partial charge in [0.2, 0.25) is 5.95 Å². The molecular formula is C14H18FN3. The van der Waals surface area contributed by atoms with Crippen molar-refractivity contribution >= 4 is 11.6 Å². The van der Waals surface area contributed by atoms with Crippen LogP contribution in [0.2, 0.25) is 0 Å². The van der Waals surface area contributed by atoms with E-state index in [-0.39, 0.29) is 5.82 Å². The maximum Gasteiger partial charge on any atom is 0.207 e. The Kier molecular flexibility index (Phi) is 3.97. The van der Waals surface area contributed by atoms with E-state index in [2.05, 4.69) is 17.2 Å². The second-order valence-electron chi connectivity index (χ2n) is 4.44. The number of halogens is 1. The molecule has 0 aliphatic heterocycles. The van der Waals surface area contributed by atoms with Gasteiger partial charge in [0, 0.05) is 24.6 Å². The zero-order valence-corrected chi connectivity index (χ0v) is 10.8. The molecule has 0 amide bonds. The van der Waals surface area contributed by atoms with Crippen molar-refractivity contribution < 1.29 is 4.39 Å². The highest BCUT2D eigenvalue weighted by Crippen LogP contribution is 2.18. The molecule has 0 aliphatic rings. The number of hydrogen-bond acceptors (Lipinski definition) is 2. The summed E-state index contributed by atoms with van der Waals surface area (Å²) in [5.41, 5.74) is 1.63. The Morgan fingerprint density at radius 2 is 2.17 bits per heavy atom. The number of imidazole rings is 1. The maximum atomic E-state index is 13.3. The van der Waals surface area contributed by atoms with Gasteiger partial charge in [-0.25, -0.2) is 9.37 Å². The van der Waals surface area contributed by atoms with Crippen LogP contribution in [-0.2, 0) is 6.54 Å². The molecule has 0 atom stereocenters. The average Bonchev–Trinajstić information content (AvgIpc) is 2.72. The van der Waals surface area contributed by atoms with Gasteiger partial charge in [-0.05, 0) is 37.1 Å². The molecule has 1 aromatic carbocycles. The molecule has 0 unspecified atom stereocenters. The van der Waals surface area contributed by atoms with E-state index in [1.807, 2.05) is 23.8 Å². The van der Waals surface area contributed by atoms with Crippen LogP contribution in [0.5, 0.6) is 0 Å². The van der Waals surface area contributed by atoms with Gasteiger partial charge in [0.15, 0.2) is 0 Å². The lowest BCUT2D eigenvalue weighted by Gasteiger charge is -2.10. The fraction of sp³-hybridized carbons (Fsp3) is 0.357. The summed E-state index contributed by atoms with van der Waals surface area (Å²) in [6.45, 7) is 4.95. The summed E-state index contributed by atoms with van der Waals surface area (Å²) in [5, 5.41) is 3.15. The quantitative estimate of drug-likeness (QED) is 0.869. The molecule has 2 aromatic rings. The number of aromatic nitrogens is 2.